The molecule has 0 bridgehead atoms. The maximum Gasteiger partial charge on any atom is 0.130 e. The molecule has 0 aliphatic heterocycles. The molecule has 6 nitrogen and oxygen atoms in total. The van der Waals surface area contributed by atoms with E-state index in [1.54, 1.807) is 18.6 Å². The van der Waals surface area contributed by atoms with Gasteiger partial charge in [0.15, 0.2) is 0 Å². The van der Waals surface area contributed by atoms with Crippen LogP contribution in [0.3, 0.4) is 0 Å². The topological polar surface area (TPSA) is 77.3 Å². The molecule has 36 heavy (non-hydrogen) atoms. The average Bonchev–Trinajstić information content (AvgIpc) is 2.92. The van der Waals surface area contributed by atoms with Gasteiger partial charge in [-0.3, -0.25) is 9.97 Å². The van der Waals surface area contributed by atoms with E-state index in [9.17, 15) is 0 Å². The van der Waals surface area contributed by atoms with Gasteiger partial charge in [0.25, 0.3) is 0 Å². The molecule has 192 valence electrons. The van der Waals surface area contributed by atoms with Gasteiger partial charge in [0, 0.05) is 48.8 Å². The first-order valence-corrected chi connectivity index (χ1v) is 12.6. The Morgan fingerprint density at radius 3 is 1.39 bits per heavy atom. The summed E-state index contributed by atoms with van der Waals surface area (Å²) in [7, 11) is 0. The van der Waals surface area contributed by atoms with Gasteiger partial charge in [0.05, 0.1) is 5.69 Å². The zero-order valence-corrected chi connectivity index (χ0v) is 23.1. The van der Waals surface area contributed by atoms with Crippen molar-refractivity contribution in [3.63, 3.8) is 0 Å². The van der Waals surface area contributed by atoms with E-state index in [0.717, 1.165) is 17.2 Å². The Bertz CT molecular complexity index is 848. The van der Waals surface area contributed by atoms with Crippen molar-refractivity contribution in [2.24, 2.45) is 0 Å². The molecule has 0 amide bonds. The highest BCUT2D eigenvalue weighted by molar-refractivity contribution is 5.13. The molecule has 4 aromatic heterocycles. The van der Waals surface area contributed by atoms with Crippen molar-refractivity contribution in [1.29, 1.82) is 0 Å². The third-order valence-corrected chi connectivity index (χ3v) is 4.94. The number of aromatic nitrogens is 6. The Kier molecular flexibility index (Phi) is 15.1. The molecule has 6 heteroatoms. The van der Waals surface area contributed by atoms with Gasteiger partial charge in [-0.2, -0.15) is 10.2 Å². The van der Waals surface area contributed by atoms with E-state index >= 15 is 0 Å². The first-order chi connectivity index (χ1) is 17.2. The van der Waals surface area contributed by atoms with Crippen LogP contribution in [0.4, 0.5) is 0 Å². The lowest BCUT2D eigenvalue weighted by Gasteiger charge is -2.01. The van der Waals surface area contributed by atoms with Crippen LogP contribution in [0.15, 0.2) is 85.7 Å². The van der Waals surface area contributed by atoms with Crippen LogP contribution in [0.5, 0.6) is 0 Å². The fraction of sp³-hybridized carbons (Fsp3) is 0.400. The van der Waals surface area contributed by atoms with E-state index in [1.807, 2.05) is 67.1 Å². The molecule has 0 aliphatic rings. The molecule has 0 aliphatic carbocycles. The van der Waals surface area contributed by atoms with Gasteiger partial charge in [-0.25, -0.2) is 9.97 Å². The molecule has 0 saturated heterocycles. The molecular formula is C30H42N6. The van der Waals surface area contributed by atoms with Crippen LogP contribution in [-0.4, -0.2) is 30.1 Å². The fourth-order valence-corrected chi connectivity index (χ4v) is 2.70. The molecule has 4 aromatic rings. The van der Waals surface area contributed by atoms with Crippen LogP contribution in [0, 0.1) is 0 Å². The fourth-order valence-electron chi connectivity index (χ4n) is 2.70. The Hall–Kier alpha value is -3.54. The van der Waals surface area contributed by atoms with E-state index < -0.39 is 0 Å². The monoisotopic (exact) mass is 486 g/mol. The van der Waals surface area contributed by atoms with Gasteiger partial charge < -0.3 is 0 Å². The second-order valence-electron chi connectivity index (χ2n) is 9.41. The lowest BCUT2D eigenvalue weighted by atomic mass is 10.1. The van der Waals surface area contributed by atoms with Gasteiger partial charge in [-0.1, -0.05) is 61.5 Å². The lowest BCUT2D eigenvalue weighted by Crippen LogP contribution is -1.93. The second kappa shape index (κ2) is 17.8. The first kappa shape index (κ1) is 30.5. The highest BCUT2D eigenvalue weighted by Crippen LogP contribution is 2.11. The summed E-state index contributed by atoms with van der Waals surface area (Å²) in [5, 5.41) is 7.68. The van der Waals surface area contributed by atoms with Crippen molar-refractivity contribution >= 4 is 0 Å². The first-order valence-electron chi connectivity index (χ1n) is 12.6. The Morgan fingerprint density at radius 2 is 1.06 bits per heavy atom. The summed E-state index contributed by atoms with van der Waals surface area (Å²) in [4.78, 5) is 16.2. The summed E-state index contributed by atoms with van der Waals surface area (Å²) in [6.45, 7) is 17.0. The van der Waals surface area contributed by atoms with Gasteiger partial charge in [-0.15, -0.1) is 0 Å². The molecular weight excluding hydrogens is 444 g/mol. The van der Waals surface area contributed by atoms with Gasteiger partial charge in [0.2, 0.25) is 0 Å². The zero-order chi connectivity index (χ0) is 26.8. The summed E-state index contributed by atoms with van der Waals surface area (Å²) < 4.78 is 0. The Balaban J connectivity index is 0.000000240. The van der Waals surface area contributed by atoms with Crippen LogP contribution >= 0.6 is 0 Å². The van der Waals surface area contributed by atoms with Crippen LogP contribution in [0.25, 0.3) is 0 Å². The van der Waals surface area contributed by atoms with Crippen molar-refractivity contribution in [3.05, 3.63) is 108 Å². The number of nitrogens with zero attached hydrogens (tertiary/aromatic N) is 6. The highest BCUT2D eigenvalue weighted by Gasteiger charge is 1.98. The minimum Gasteiger partial charge on any atom is -0.265 e. The molecule has 0 fully saturated rings. The maximum absolute atomic E-state index is 4.18. The standard InChI is InChI=1S/2C8H11N.2C7H10N2/c1-7(2)8-3-5-9-6-4-8;1-7(2)8-5-3-4-6-9-8;1-6(2)7-8-4-3-5-9-7;1-6(2)7-4-3-5-8-9-7/h2*3-7H,1-2H3;2*3-6H,1-2H3. The third-order valence-electron chi connectivity index (χ3n) is 4.94. The van der Waals surface area contributed by atoms with Crippen LogP contribution < -0.4 is 0 Å². The molecule has 0 saturated carbocycles. The van der Waals surface area contributed by atoms with E-state index in [-0.39, 0.29) is 0 Å². The SMILES string of the molecule is CC(C)c1ccccn1.CC(C)c1cccnn1.CC(C)c1ccncc1.CC(C)c1ncccn1. The summed E-state index contributed by atoms with van der Waals surface area (Å²) in [6, 6.07) is 15.8. The van der Waals surface area contributed by atoms with Crippen molar-refractivity contribution in [1.82, 2.24) is 30.1 Å². The van der Waals surface area contributed by atoms with Crippen molar-refractivity contribution in [3.8, 4) is 0 Å². The Labute approximate surface area is 217 Å². The van der Waals surface area contributed by atoms with Gasteiger partial charge in [-0.05, 0) is 65.8 Å². The van der Waals surface area contributed by atoms with Crippen LogP contribution in [0.1, 0.15) is 102 Å². The molecule has 0 unspecified atom stereocenters. The summed E-state index contributed by atoms with van der Waals surface area (Å²) in [5.41, 5.74) is 3.57. The van der Waals surface area contributed by atoms with Crippen LogP contribution in [0.2, 0.25) is 0 Å². The molecule has 0 aromatic carbocycles. The van der Waals surface area contributed by atoms with Crippen molar-refractivity contribution in [2.45, 2.75) is 79.1 Å². The largest absolute Gasteiger partial charge is 0.265 e. The quantitative estimate of drug-likeness (QED) is 0.295. The normalized spacial score (nSPS) is 10.1. The predicted octanol–water partition coefficient (Wildman–Crippen LogP) is 7.61. The van der Waals surface area contributed by atoms with Gasteiger partial charge in [0.1, 0.15) is 5.82 Å². The highest BCUT2D eigenvalue weighted by atomic mass is 15.1. The Morgan fingerprint density at radius 1 is 0.472 bits per heavy atom. The maximum atomic E-state index is 4.18. The summed E-state index contributed by atoms with van der Waals surface area (Å²) >= 11 is 0. The predicted molar refractivity (Wildman–Crippen MR) is 149 cm³/mol. The van der Waals surface area contributed by atoms with E-state index in [4.69, 9.17) is 0 Å². The molecule has 4 heterocycles. The number of hydrogen-bond acceptors (Lipinski definition) is 6. The molecule has 4 rings (SSSR count). The minimum absolute atomic E-state index is 0.436. The van der Waals surface area contributed by atoms with Crippen molar-refractivity contribution < 1.29 is 0 Å². The molecule has 0 atom stereocenters. The lowest BCUT2D eigenvalue weighted by molar-refractivity contribution is 0.774. The summed E-state index contributed by atoms with van der Waals surface area (Å²) in [5.74, 6) is 3.00. The zero-order valence-electron chi connectivity index (χ0n) is 23.1. The molecule has 0 spiro atoms. The average molecular weight is 487 g/mol. The number of pyridine rings is 2. The van der Waals surface area contributed by atoms with Gasteiger partial charge >= 0.3 is 0 Å². The van der Waals surface area contributed by atoms with Crippen molar-refractivity contribution in [2.75, 3.05) is 0 Å². The third kappa shape index (κ3) is 13.4. The molecule has 0 N–H and O–H groups in total. The van der Waals surface area contributed by atoms with E-state index in [0.29, 0.717) is 23.7 Å². The summed E-state index contributed by atoms with van der Waals surface area (Å²) in [6.07, 6.45) is 10.7. The number of hydrogen-bond donors (Lipinski definition) is 0. The molecule has 0 radical (unpaired) electrons. The minimum atomic E-state index is 0.436. The number of rotatable bonds is 4. The smallest absolute Gasteiger partial charge is 0.130 e. The van der Waals surface area contributed by atoms with E-state index in [2.05, 4.69) is 85.5 Å². The van der Waals surface area contributed by atoms with Crippen LogP contribution in [-0.2, 0) is 0 Å². The second-order valence-corrected chi connectivity index (χ2v) is 9.41. The van der Waals surface area contributed by atoms with E-state index in [1.165, 1.54) is 5.56 Å².